The van der Waals surface area contributed by atoms with Crippen LogP contribution in [0.25, 0.3) is 10.2 Å². The third-order valence-corrected chi connectivity index (χ3v) is 7.63. The number of fused-ring (bicyclic) bond motifs is 1. The number of carbonyl (C=O) groups excluding carboxylic acids is 1. The summed E-state index contributed by atoms with van der Waals surface area (Å²) in [4.78, 5) is 19.4. The summed E-state index contributed by atoms with van der Waals surface area (Å²) in [5.74, 6) is 1.95. The molecule has 7 nitrogen and oxygen atoms in total. The molecule has 9 heteroatoms. The normalized spacial score (nSPS) is 14.6. The summed E-state index contributed by atoms with van der Waals surface area (Å²) in [6, 6.07) is 16.0. The van der Waals surface area contributed by atoms with E-state index in [1.807, 2.05) is 48.2 Å². The quantitative estimate of drug-likeness (QED) is 0.342. The number of aromatic nitrogens is 3. The minimum Gasteiger partial charge on any atom is -0.484 e. The molecule has 1 amide bonds. The fraction of sp³-hybridized carbons (Fsp3) is 0.333. The first-order chi connectivity index (χ1) is 16.1. The number of benzene rings is 2. The molecule has 1 fully saturated rings. The number of carbonyl (C=O) groups is 1. The molecule has 1 saturated heterocycles. The fourth-order valence-electron chi connectivity index (χ4n) is 3.86. The minimum atomic E-state index is 0.0958. The summed E-state index contributed by atoms with van der Waals surface area (Å²) in [6.07, 6.45) is 1.88. The van der Waals surface area contributed by atoms with Crippen LogP contribution in [0.3, 0.4) is 0 Å². The predicted molar refractivity (Wildman–Crippen MR) is 129 cm³/mol. The van der Waals surface area contributed by atoms with Crippen LogP contribution < -0.4 is 4.74 Å². The van der Waals surface area contributed by atoms with Gasteiger partial charge in [-0.2, -0.15) is 0 Å². The summed E-state index contributed by atoms with van der Waals surface area (Å²) < 4.78 is 12.5. The van der Waals surface area contributed by atoms with E-state index in [0.717, 1.165) is 42.8 Å². The van der Waals surface area contributed by atoms with E-state index >= 15 is 0 Å². The maximum atomic E-state index is 12.7. The van der Waals surface area contributed by atoms with Gasteiger partial charge in [0.15, 0.2) is 6.61 Å². The van der Waals surface area contributed by atoms with Gasteiger partial charge < -0.3 is 14.1 Å². The average molecular weight is 481 g/mol. The number of piperidine rings is 1. The van der Waals surface area contributed by atoms with Crippen molar-refractivity contribution in [1.82, 2.24) is 20.1 Å². The Hall–Kier alpha value is -2.91. The van der Waals surface area contributed by atoms with Crippen molar-refractivity contribution < 1.29 is 13.9 Å². The molecule has 2 aromatic heterocycles. The van der Waals surface area contributed by atoms with E-state index in [2.05, 4.69) is 22.3 Å². The van der Waals surface area contributed by atoms with E-state index in [4.69, 9.17) is 14.1 Å². The Balaban J connectivity index is 1.08. The van der Waals surface area contributed by atoms with E-state index in [9.17, 15) is 4.79 Å². The fourth-order valence-corrected chi connectivity index (χ4v) is 5.68. The molecule has 33 heavy (non-hydrogen) atoms. The second-order valence-electron chi connectivity index (χ2n) is 8.03. The van der Waals surface area contributed by atoms with Gasteiger partial charge in [0.05, 0.1) is 21.0 Å². The van der Waals surface area contributed by atoms with Crippen LogP contribution in [0.5, 0.6) is 5.75 Å². The number of nitrogens with zero attached hydrogens (tertiary/aromatic N) is 4. The maximum Gasteiger partial charge on any atom is 0.277 e. The maximum absolute atomic E-state index is 12.7. The van der Waals surface area contributed by atoms with Gasteiger partial charge in [-0.1, -0.05) is 36.0 Å². The number of aryl methyl sites for hydroxylation is 1. The Morgan fingerprint density at radius 2 is 2.03 bits per heavy atom. The van der Waals surface area contributed by atoms with Crippen LogP contribution >= 0.6 is 23.1 Å². The zero-order chi connectivity index (χ0) is 22.6. The number of hydrogen-bond acceptors (Lipinski definition) is 8. The number of rotatable bonds is 7. The highest BCUT2D eigenvalue weighted by Gasteiger charge is 2.26. The largest absolute Gasteiger partial charge is 0.484 e. The topological polar surface area (TPSA) is 81.4 Å². The van der Waals surface area contributed by atoms with Gasteiger partial charge in [-0.3, -0.25) is 4.79 Å². The van der Waals surface area contributed by atoms with E-state index in [1.165, 1.54) is 21.5 Å². The lowest BCUT2D eigenvalue weighted by Gasteiger charge is -2.31. The highest BCUT2D eigenvalue weighted by Crippen LogP contribution is 2.34. The van der Waals surface area contributed by atoms with Crippen LogP contribution in [0.4, 0.5) is 0 Å². The first kappa shape index (κ1) is 21.9. The molecule has 0 aliphatic carbocycles. The van der Waals surface area contributed by atoms with Gasteiger partial charge in [-0.05, 0) is 49.6 Å². The molecule has 0 N–H and O–H groups in total. The van der Waals surface area contributed by atoms with Crippen molar-refractivity contribution in [3.05, 3.63) is 65.0 Å². The molecular formula is C24H24N4O3S2. The van der Waals surface area contributed by atoms with Crippen LogP contribution in [-0.4, -0.2) is 44.8 Å². The van der Waals surface area contributed by atoms with Crippen molar-refractivity contribution in [2.45, 2.75) is 37.5 Å². The third-order valence-electron chi connectivity index (χ3n) is 5.63. The zero-order valence-corrected chi connectivity index (χ0v) is 19.9. The number of likely N-dealkylation sites (tertiary alicyclic amines) is 1. The molecule has 170 valence electrons. The molecule has 3 heterocycles. The van der Waals surface area contributed by atoms with Crippen LogP contribution in [0.1, 0.15) is 35.2 Å². The molecule has 5 rings (SSSR count). The van der Waals surface area contributed by atoms with Crippen molar-refractivity contribution in [2.75, 3.05) is 18.8 Å². The van der Waals surface area contributed by atoms with Crippen molar-refractivity contribution in [1.29, 1.82) is 0 Å². The summed E-state index contributed by atoms with van der Waals surface area (Å²) in [7, 11) is 0. The standard InChI is InChI=1S/C24H24N4O3S2/c1-16-5-4-6-18(13-16)30-14-21-26-27-24(31-21)32-15-22(29)28-11-9-17(10-12-28)23-25-19-7-2-3-8-20(19)33-23/h2-8,13,17H,9-12,14-15H2,1H3. The lowest BCUT2D eigenvalue weighted by Crippen LogP contribution is -2.38. The molecule has 2 aromatic carbocycles. The Bertz CT molecular complexity index is 1210. The van der Waals surface area contributed by atoms with Crippen LogP contribution in [-0.2, 0) is 11.4 Å². The second-order valence-corrected chi connectivity index (χ2v) is 10.0. The van der Waals surface area contributed by atoms with Gasteiger partial charge in [-0.15, -0.1) is 21.5 Å². The monoisotopic (exact) mass is 480 g/mol. The lowest BCUT2D eigenvalue weighted by atomic mass is 9.97. The molecule has 4 aromatic rings. The number of ether oxygens (including phenoxy) is 1. The number of para-hydroxylation sites is 1. The predicted octanol–water partition coefficient (Wildman–Crippen LogP) is 5.07. The zero-order valence-electron chi connectivity index (χ0n) is 18.3. The number of hydrogen-bond donors (Lipinski definition) is 0. The van der Waals surface area contributed by atoms with Gasteiger partial charge in [-0.25, -0.2) is 4.98 Å². The molecule has 0 saturated carbocycles. The van der Waals surface area contributed by atoms with E-state index in [1.54, 1.807) is 11.3 Å². The smallest absolute Gasteiger partial charge is 0.277 e. The van der Waals surface area contributed by atoms with Crippen molar-refractivity contribution in [3.8, 4) is 5.75 Å². The number of amides is 1. The van der Waals surface area contributed by atoms with Gasteiger partial charge in [0, 0.05) is 19.0 Å². The SMILES string of the molecule is Cc1cccc(OCc2nnc(SCC(=O)N3CCC(c4nc5ccccc5s4)CC3)o2)c1. The van der Waals surface area contributed by atoms with Crippen molar-refractivity contribution in [2.24, 2.45) is 0 Å². The second kappa shape index (κ2) is 9.93. The molecule has 0 atom stereocenters. The highest BCUT2D eigenvalue weighted by atomic mass is 32.2. The Kier molecular flexibility index (Phi) is 6.59. The van der Waals surface area contributed by atoms with Crippen molar-refractivity contribution >= 4 is 39.2 Å². The van der Waals surface area contributed by atoms with Crippen molar-refractivity contribution in [3.63, 3.8) is 0 Å². The molecule has 0 unspecified atom stereocenters. The number of thiazole rings is 1. The Labute approximate surface area is 200 Å². The van der Waals surface area contributed by atoms with E-state index in [0.29, 0.717) is 17.0 Å². The Morgan fingerprint density at radius 3 is 2.85 bits per heavy atom. The van der Waals surface area contributed by atoms with Crippen LogP contribution in [0.15, 0.2) is 58.2 Å². The molecule has 0 spiro atoms. The van der Waals surface area contributed by atoms with Gasteiger partial charge in [0.25, 0.3) is 11.1 Å². The van der Waals surface area contributed by atoms with Crippen LogP contribution in [0, 0.1) is 6.92 Å². The molecule has 0 bridgehead atoms. The highest BCUT2D eigenvalue weighted by molar-refractivity contribution is 7.99. The van der Waals surface area contributed by atoms with Crippen LogP contribution in [0.2, 0.25) is 0 Å². The minimum absolute atomic E-state index is 0.0958. The van der Waals surface area contributed by atoms with E-state index in [-0.39, 0.29) is 18.3 Å². The summed E-state index contributed by atoms with van der Waals surface area (Å²) >= 11 is 3.04. The Morgan fingerprint density at radius 1 is 1.18 bits per heavy atom. The summed E-state index contributed by atoms with van der Waals surface area (Å²) in [5, 5.41) is 9.61. The molecule has 0 radical (unpaired) electrons. The summed E-state index contributed by atoms with van der Waals surface area (Å²) in [5.41, 5.74) is 2.19. The third kappa shape index (κ3) is 5.36. The van der Waals surface area contributed by atoms with Gasteiger partial charge in [0.1, 0.15) is 5.75 Å². The molecule has 1 aliphatic heterocycles. The lowest BCUT2D eigenvalue weighted by molar-refractivity contribution is -0.129. The van der Waals surface area contributed by atoms with E-state index < -0.39 is 0 Å². The first-order valence-electron chi connectivity index (χ1n) is 10.9. The summed E-state index contributed by atoms with van der Waals surface area (Å²) in [6.45, 7) is 3.71. The number of thioether (sulfide) groups is 1. The van der Waals surface area contributed by atoms with Gasteiger partial charge in [0.2, 0.25) is 5.91 Å². The first-order valence-corrected chi connectivity index (χ1v) is 12.7. The average Bonchev–Trinajstić information content (AvgIpc) is 3.48. The van der Waals surface area contributed by atoms with Gasteiger partial charge >= 0.3 is 0 Å². The molecular weight excluding hydrogens is 456 g/mol. The molecule has 1 aliphatic rings.